The van der Waals surface area contributed by atoms with Gasteiger partial charge in [-0.15, -0.1) is 0 Å². The minimum atomic E-state index is -3.33. The molecule has 0 aromatic carbocycles. The molecule has 1 fully saturated rings. The van der Waals surface area contributed by atoms with Gasteiger partial charge in [0.1, 0.15) is 0 Å². The van der Waals surface area contributed by atoms with Gasteiger partial charge in [0.2, 0.25) is 0 Å². The number of nitrogens with one attached hydrogen (secondary N) is 2. The molecule has 0 aliphatic carbocycles. The zero-order valence-corrected chi connectivity index (χ0v) is 11.2. The van der Waals surface area contributed by atoms with Crippen molar-refractivity contribution in [2.75, 3.05) is 26.2 Å². The fraction of sp³-hybridized carbons (Fsp3) is 1.00. The Balaban J connectivity index is 2.70. The van der Waals surface area contributed by atoms with Crippen LogP contribution in [0.4, 0.5) is 0 Å². The van der Waals surface area contributed by atoms with Crippen LogP contribution >= 0.6 is 0 Å². The van der Waals surface area contributed by atoms with E-state index in [2.05, 4.69) is 10.0 Å². The Kier molecular flexibility index (Phi) is 4.73. The molecule has 5 nitrogen and oxygen atoms in total. The molecule has 0 radical (unpaired) electrons. The summed E-state index contributed by atoms with van der Waals surface area (Å²) in [5.41, 5.74) is -0.299. The summed E-state index contributed by atoms with van der Waals surface area (Å²) in [6, 6.07) is 0. The van der Waals surface area contributed by atoms with E-state index in [4.69, 9.17) is 0 Å². The summed E-state index contributed by atoms with van der Waals surface area (Å²) in [5.74, 6) is 0. The molecule has 1 aliphatic rings. The monoisotopic (exact) mass is 249 g/mol. The first-order valence-electron chi connectivity index (χ1n) is 5.93. The third-order valence-corrected chi connectivity index (χ3v) is 5.07. The Bertz CT molecular complexity index is 306. The molecule has 0 aromatic heterocycles. The average molecular weight is 249 g/mol. The Morgan fingerprint density at radius 1 is 1.25 bits per heavy atom. The highest BCUT2D eigenvalue weighted by atomic mass is 32.2. The molecule has 0 bridgehead atoms. The summed E-state index contributed by atoms with van der Waals surface area (Å²) in [5, 5.41) is 3.23. The van der Waals surface area contributed by atoms with E-state index in [1.165, 1.54) is 4.31 Å². The summed E-state index contributed by atoms with van der Waals surface area (Å²) in [6.07, 6.45) is 1.68. The Hall–Kier alpha value is -0.170. The molecule has 1 saturated heterocycles. The van der Waals surface area contributed by atoms with Gasteiger partial charge < -0.3 is 5.32 Å². The van der Waals surface area contributed by atoms with Crippen molar-refractivity contribution in [3.63, 3.8) is 0 Å². The molecule has 0 aromatic rings. The second kappa shape index (κ2) is 5.44. The Morgan fingerprint density at radius 2 is 1.75 bits per heavy atom. The van der Waals surface area contributed by atoms with E-state index in [1.54, 1.807) is 0 Å². The lowest BCUT2D eigenvalue weighted by atomic mass is 9.92. The summed E-state index contributed by atoms with van der Waals surface area (Å²) in [7, 11) is -3.33. The van der Waals surface area contributed by atoms with Crippen LogP contribution < -0.4 is 10.0 Å². The van der Waals surface area contributed by atoms with Crippen molar-refractivity contribution in [2.24, 2.45) is 0 Å². The van der Waals surface area contributed by atoms with E-state index in [1.807, 2.05) is 20.8 Å². The fourth-order valence-corrected chi connectivity index (χ4v) is 3.66. The van der Waals surface area contributed by atoms with E-state index >= 15 is 0 Å². The smallest absolute Gasteiger partial charge is 0.279 e. The van der Waals surface area contributed by atoms with Gasteiger partial charge in [0.05, 0.1) is 0 Å². The molecule has 0 atom stereocenters. The van der Waals surface area contributed by atoms with Gasteiger partial charge in [-0.05, 0) is 32.9 Å². The molecular formula is C10H23N3O2S. The van der Waals surface area contributed by atoms with Crippen LogP contribution in [-0.2, 0) is 10.2 Å². The van der Waals surface area contributed by atoms with Gasteiger partial charge in [-0.1, -0.05) is 13.8 Å². The van der Waals surface area contributed by atoms with E-state index in [0.29, 0.717) is 13.1 Å². The van der Waals surface area contributed by atoms with E-state index in [-0.39, 0.29) is 5.54 Å². The molecular weight excluding hydrogens is 226 g/mol. The lowest BCUT2D eigenvalue weighted by Gasteiger charge is -2.36. The molecule has 0 spiro atoms. The number of nitrogens with zero attached hydrogens (tertiary/aromatic N) is 1. The van der Waals surface area contributed by atoms with Crippen LogP contribution in [0.1, 0.15) is 33.6 Å². The quantitative estimate of drug-likeness (QED) is 0.737. The molecule has 1 rings (SSSR count). The van der Waals surface area contributed by atoms with E-state index in [0.717, 1.165) is 25.9 Å². The lowest BCUT2D eigenvalue weighted by molar-refractivity contribution is 0.297. The maximum atomic E-state index is 12.1. The number of rotatable bonds is 5. The van der Waals surface area contributed by atoms with Gasteiger partial charge in [-0.2, -0.15) is 17.4 Å². The van der Waals surface area contributed by atoms with Gasteiger partial charge in [0.15, 0.2) is 0 Å². The molecule has 1 aliphatic heterocycles. The molecule has 0 amide bonds. The van der Waals surface area contributed by atoms with Crippen LogP contribution in [0, 0.1) is 0 Å². The average Bonchev–Trinajstić information content (AvgIpc) is 2.18. The number of hydrogen-bond donors (Lipinski definition) is 2. The molecule has 0 unspecified atom stereocenters. The minimum absolute atomic E-state index is 0.299. The maximum Gasteiger partial charge on any atom is 0.279 e. The lowest BCUT2D eigenvalue weighted by Crippen LogP contribution is -2.55. The van der Waals surface area contributed by atoms with Crippen molar-refractivity contribution in [3.05, 3.63) is 0 Å². The summed E-state index contributed by atoms with van der Waals surface area (Å²) in [6.45, 7) is 8.46. The zero-order chi connectivity index (χ0) is 12.2. The SMILES string of the molecule is CCN(CC)S(=O)(=O)NC1(C)CCNCC1. The summed E-state index contributed by atoms with van der Waals surface area (Å²) < 4.78 is 28.4. The molecule has 96 valence electrons. The Labute approximate surface area is 98.8 Å². The summed E-state index contributed by atoms with van der Waals surface area (Å²) >= 11 is 0. The van der Waals surface area contributed by atoms with Crippen LogP contribution in [0.2, 0.25) is 0 Å². The highest BCUT2D eigenvalue weighted by molar-refractivity contribution is 7.87. The van der Waals surface area contributed by atoms with Crippen molar-refractivity contribution >= 4 is 10.2 Å². The molecule has 2 N–H and O–H groups in total. The second-order valence-corrected chi connectivity index (χ2v) is 6.17. The highest BCUT2D eigenvalue weighted by Crippen LogP contribution is 2.19. The van der Waals surface area contributed by atoms with Crippen molar-refractivity contribution in [3.8, 4) is 0 Å². The normalized spacial score (nSPS) is 21.2. The van der Waals surface area contributed by atoms with E-state index < -0.39 is 10.2 Å². The third-order valence-electron chi connectivity index (χ3n) is 3.13. The van der Waals surface area contributed by atoms with Gasteiger partial charge >= 0.3 is 0 Å². The van der Waals surface area contributed by atoms with E-state index in [9.17, 15) is 8.42 Å². The van der Waals surface area contributed by atoms with Crippen molar-refractivity contribution in [1.82, 2.24) is 14.3 Å². The molecule has 6 heteroatoms. The molecule has 0 saturated carbocycles. The fourth-order valence-electron chi connectivity index (χ4n) is 2.02. The van der Waals surface area contributed by atoms with Crippen molar-refractivity contribution in [2.45, 2.75) is 39.2 Å². The molecule has 1 heterocycles. The van der Waals surface area contributed by atoms with Gasteiger partial charge in [0.25, 0.3) is 10.2 Å². The zero-order valence-electron chi connectivity index (χ0n) is 10.4. The van der Waals surface area contributed by atoms with Crippen molar-refractivity contribution < 1.29 is 8.42 Å². The van der Waals surface area contributed by atoms with Gasteiger partial charge in [-0.25, -0.2) is 0 Å². The molecule has 16 heavy (non-hydrogen) atoms. The largest absolute Gasteiger partial charge is 0.317 e. The van der Waals surface area contributed by atoms with Crippen molar-refractivity contribution in [1.29, 1.82) is 0 Å². The minimum Gasteiger partial charge on any atom is -0.317 e. The third kappa shape index (κ3) is 3.41. The standard InChI is InChI=1S/C10H23N3O2S/c1-4-13(5-2)16(14,15)12-10(3)6-8-11-9-7-10/h11-12H,4-9H2,1-3H3. The van der Waals surface area contributed by atoms with Crippen LogP contribution in [-0.4, -0.2) is 44.4 Å². The maximum absolute atomic E-state index is 12.1. The first-order chi connectivity index (χ1) is 7.43. The first-order valence-corrected chi connectivity index (χ1v) is 7.37. The topological polar surface area (TPSA) is 61.4 Å². The van der Waals surface area contributed by atoms with Gasteiger partial charge in [0, 0.05) is 18.6 Å². The highest BCUT2D eigenvalue weighted by Gasteiger charge is 2.33. The van der Waals surface area contributed by atoms with Crippen LogP contribution in [0.15, 0.2) is 0 Å². The predicted octanol–water partition coefficient (Wildman–Crippen LogP) is 0.305. The van der Waals surface area contributed by atoms with Crippen LogP contribution in [0.3, 0.4) is 0 Å². The summed E-state index contributed by atoms with van der Waals surface area (Å²) in [4.78, 5) is 0. The van der Waals surface area contributed by atoms with Crippen LogP contribution in [0.25, 0.3) is 0 Å². The number of hydrogen-bond acceptors (Lipinski definition) is 3. The van der Waals surface area contributed by atoms with Gasteiger partial charge in [-0.3, -0.25) is 0 Å². The first kappa shape index (κ1) is 13.9. The Morgan fingerprint density at radius 3 is 2.19 bits per heavy atom. The predicted molar refractivity (Wildman–Crippen MR) is 65.5 cm³/mol. The number of piperidine rings is 1. The van der Waals surface area contributed by atoms with Crippen LogP contribution in [0.5, 0.6) is 0 Å². The second-order valence-electron chi connectivity index (χ2n) is 4.50.